The van der Waals surface area contributed by atoms with Crippen LogP contribution in [0.1, 0.15) is 18.1 Å². The van der Waals surface area contributed by atoms with Crippen molar-refractivity contribution in [3.63, 3.8) is 0 Å². The molecule has 1 aromatic heterocycles. The van der Waals surface area contributed by atoms with E-state index in [0.29, 0.717) is 18.4 Å². The summed E-state index contributed by atoms with van der Waals surface area (Å²) in [5.41, 5.74) is 0.743. The van der Waals surface area contributed by atoms with E-state index in [4.69, 9.17) is 0 Å². The Labute approximate surface area is 105 Å². The second-order valence-corrected chi connectivity index (χ2v) is 5.35. The Kier molecular flexibility index (Phi) is 3.60. The van der Waals surface area contributed by atoms with Crippen molar-refractivity contribution in [2.75, 3.05) is 0 Å². The Balaban J connectivity index is 2.09. The fraction of sp³-hybridized carbons (Fsp3) is 0.286. The molecule has 1 aromatic carbocycles. The molecule has 3 heteroatoms. The van der Waals surface area contributed by atoms with Crippen molar-refractivity contribution in [1.82, 2.24) is 0 Å². The lowest BCUT2D eigenvalue weighted by atomic mass is 9.90. The zero-order chi connectivity index (χ0) is 12.3. The van der Waals surface area contributed by atoms with Crippen molar-refractivity contribution in [3.8, 4) is 0 Å². The van der Waals surface area contributed by atoms with Crippen LogP contribution in [0.4, 0.5) is 4.39 Å². The molecule has 0 bridgehead atoms. The summed E-state index contributed by atoms with van der Waals surface area (Å²) in [6.07, 6.45) is 0.875. The maximum atomic E-state index is 13.5. The van der Waals surface area contributed by atoms with Crippen LogP contribution in [0, 0.1) is 5.82 Å². The van der Waals surface area contributed by atoms with Gasteiger partial charge < -0.3 is 5.11 Å². The van der Waals surface area contributed by atoms with E-state index in [2.05, 4.69) is 0 Å². The van der Waals surface area contributed by atoms with Crippen LogP contribution in [-0.4, -0.2) is 10.7 Å². The lowest BCUT2D eigenvalue weighted by molar-refractivity contribution is 0.0600. The summed E-state index contributed by atoms with van der Waals surface area (Å²) in [6, 6.07) is 8.58. The predicted octanol–water partition coefficient (Wildman–Crippen LogP) is 3.42. The molecule has 1 nitrogen and oxygen atoms in total. The largest absolute Gasteiger partial charge is 0.389 e. The van der Waals surface area contributed by atoms with Crippen molar-refractivity contribution in [1.29, 1.82) is 0 Å². The molecule has 1 heterocycles. The third-order valence-corrected chi connectivity index (χ3v) is 3.43. The maximum absolute atomic E-state index is 13.5. The summed E-state index contributed by atoms with van der Waals surface area (Å²) in [5, 5.41) is 14.3. The minimum Gasteiger partial charge on any atom is -0.389 e. The Bertz CT molecular complexity index is 477. The molecule has 0 aliphatic heterocycles. The van der Waals surface area contributed by atoms with Gasteiger partial charge in [-0.2, -0.15) is 11.3 Å². The van der Waals surface area contributed by atoms with Crippen LogP contribution in [0.25, 0.3) is 0 Å². The Hall–Kier alpha value is -1.19. The molecule has 1 atom stereocenters. The summed E-state index contributed by atoms with van der Waals surface area (Å²) in [7, 11) is 0. The average molecular weight is 250 g/mol. The van der Waals surface area contributed by atoms with Gasteiger partial charge in [-0.3, -0.25) is 0 Å². The lowest BCUT2D eigenvalue weighted by Crippen LogP contribution is -2.30. The minimum absolute atomic E-state index is 0.252. The van der Waals surface area contributed by atoms with E-state index >= 15 is 0 Å². The molecule has 0 saturated heterocycles. The summed E-state index contributed by atoms with van der Waals surface area (Å²) in [6.45, 7) is 1.75. The van der Waals surface area contributed by atoms with Gasteiger partial charge in [-0.25, -0.2) is 4.39 Å². The highest BCUT2D eigenvalue weighted by Gasteiger charge is 2.23. The van der Waals surface area contributed by atoms with Gasteiger partial charge in [0.05, 0.1) is 5.60 Å². The van der Waals surface area contributed by atoms with E-state index in [0.717, 1.165) is 5.56 Å². The number of aliphatic hydroxyl groups is 1. The van der Waals surface area contributed by atoms with Crippen LogP contribution in [0.5, 0.6) is 0 Å². The Morgan fingerprint density at radius 2 is 2.00 bits per heavy atom. The van der Waals surface area contributed by atoms with Gasteiger partial charge in [-0.05, 0) is 40.9 Å². The quantitative estimate of drug-likeness (QED) is 0.881. The fourth-order valence-electron chi connectivity index (χ4n) is 1.95. The topological polar surface area (TPSA) is 20.2 Å². The van der Waals surface area contributed by atoms with E-state index in [1.807, 2.05) is 16.8 Å². The van der Waals surface area contributed by atoms with Gasteiger partial charge in [-0.1, -0.05) is 18.2 Å². The lowest BCUT2D eigenvalue weighted by Gasteiger charge is -2.23. The number of hydrogen-bond acceptors (Lipinski definition) is 2. The minimum atomic E-state index is -0.913. The molecule has 0 aliphatic rings. The van der Waals surface area contributed by atoms with Gasteiger partial charge in [0, 0.05) is 12.8 Å². The highest BCUT2D eigenvalue weighted by atomic mass is 32.1. The van der Waals surface area contributed by atoms with Crippen molar-refractivity contribution in [2.24, 2.45) is 0 Å². The highest BCUT2D eigenvalue weighted by molar-refractivity contribution is 7.07. The molecule has 0 amide bonds. The average Bonchev–Trinajstić information content (AvgIpc) is 2.73. The van der Waals surface area contributed by atoms with Gasteiger partial charge in [-0.15, -0.1) is 0 Å². The third kappa shape index (κ3) is 3.38. The Morgan fingerprint density at radius 3 is 2.65 bits per heavy atom. The fourth-order valence-corrected chi connectivity index (χ4v) is 2.62. The van der Waals surface area contributed by atoms with Crippen molar-refractivity contribution in [3.05, 3.63) is 58.0 Å². The van der Waals surface area contributed by atoms with Gasteiger partial charge in [0.2, 0.25) is 0 Å². The number of rotatable bonds is 4. The summed E-state index contributed by atoms with van der Waals surface area (Å²) in [4.78, 5) is 0. The van der Waals surface area contributed by atoms with E-state index in [1.54, 1.807) is 36.5 Å². The summed E-state index contributed by atoms with van der Waals surface area (Å²) in [5.74, 6) is -0.252. The monoisotopic (exact) mass is 250 g/mol. The van der Waals surface area contributed by atoms with Crippen LogP contribution < -0.4 is 0 Å². The predicted molar refractivity (Wildman–Crippen MR) is 68.8 cm³/mol. The van der Waals surface area contributed by atoms with E-state index in [9.17, 15) is 9.50 Å². The maximum Gasteiger partial charge on any atom is 0.126 e. The van der Waals surface area contributed by atoms with Crippen LogP contribution in [0.15, 0.2) is 41.1 Å². The zero-order valence-electron chi connectivity index (χ0n) is 9.69. The van der Waals surface area contributed by atoms with Gasteiger partial charge in [0.15, 0.2) is 0 Å². The van der Waals surface area contributed by atoms with Crippen molar-refractivity contribution in [2.45, 2.75) is 25.4 Å². The van der Waals surface area contributed by atoms with Crippen LogP contribution in [0.2, 0.25) is 0 Å². The number of hydrogen-bond donors (Lipinski definition) is 1. The van der Waals surface area contributed by atoms with Crippen molar-refractivity contribution >= 4 is 11.3 Å². The van der Waals surface area contributed by atoms with Crippen LogP contribution >= 0.6 is 11.3 Å². The first-order valence-electron chi connectivity index (χ1n) is 5.54. The normalized spacial score (nSPS) is 14.5. The van der Waals surface area contributed by atoms with E-state index < -0.39 is 5.60 Å². The zero-order valence-corrected chi connectivity index (χ0v) is 10.5. The molecular formula is C14H15FOS. The number of thiophene rings is 1. The molecule has 0 saturated carbocycles. The first kappa shape index (κ1) is 12.3. The molecular weight excluding hydrogens is 235 g/mol. The molecule has 0 fully saturated rings. The summed E-state index contributed by atoms with van der Waals surface area (Å²) >= 11 is 1.60. The molecule has 90 valence electrons. The molecule has 17 heavy (non-hydrogen) atoms. The van der Waals surface area contributed by atoms with E-state index in [-0.39, 0.29) is 5.82 Å². The highest BCUT2D eigenvalue weighted by Crippen LogP contribution is 2.21. The first-order valence-corrected chi connectivity index (χ1v) is 6.48. The summed E-state index contributed by atoms with van der Waals surface area (Å²) < 4.78 is 13.5. The molecule has 2 aromatic rings. The Morgan fingerprint density at radius 1 is 1.24 bits per heavy atom. The molecule has 1 N–H and O–H groups in total. The second kappa shape index (κ2) is 4.98. The standard InChI is InChI=1S/C14H15FOS/c1-14(16,8-11-6-7-17-10-11)9-12-4-2-3-5-13(12)15/h2-7,10,16H,8-9H2,1H3. The molecule has 0 radical (unpaired) electrons. The third-order valence-electron chi connectivity index (χ3n) is 2.69. The van der Waals surface area contributed by atoms with Crippen LogP contribution in [0.3, 0.4) is 0 Å². The molecule has 0 spiro atoms. The van der Waals surface area contributed by atoms with E-state index in [1.165, 1.54) is 6.07 Å². The smallest absolute Gasteiger partial charge is 0.126 e. The first-order chi connectivity index (χ1) is 8.07. The van der Waals surface area contributed by atoms with Gasteiger partial charge in [0.1, 0.15) is 5.82 Å². The van der Waals surface area contributed by atoms with Gasteiger partial charge >= 0.3 is 0 Å². The second-order valence-electron chi connectivity index (χ2n) is 4.57. The SMILES string of the molecule is CC(O)(Cc1ccsc1)Cc1ccccc1F. The molecule has 0 aliphatic carbocycles. The molecule has 2 rings (SSSR count). The van der Waals surface area contributed by atoms with Gasteiger partial charge in [0.25, 0.3) is 0 Å². The van der Waals surface area contributed by atoms with Crippen molar-refractivity contribution < 1.29 is 9.50 Å². The number of halogens is 1. The number of benzene rings is 1. The molecule has 1 unspecified atom stereocenters. The van der Waals surface area contributed by atoms with Crippen LogP contribution in [-0.2, 0) is 12.8 Å².